The molecule has 1 aliphatic rings. The fourth-order valence-corrected chi connectivity index (χ4v) is 3.37. The van der Waals surface area contributed by atoms with E-state index in [-0.39, 0.29) is 0 Å². The van der Waals surface area contributed by atoms with Crippen molar-refractivity contribution in [2.24, 2.45) is 13.0 Å². The Morgan fingerprint density at radius 1 is 1.43 bits per heavy atom. The second-order valence-electron chi connectivity index (χ2n) is 6.05. The summed E-state index contributed by atoms with van der Waals surface area (Å²) in [7, 11) is 2.10. The molecule has 1 aliphatic heterocycles. The minimum absolute atomic E-state index is 0.296. The van der Waals surface area contributed by atoms with Crippen LogP contribution in [0.1, 0.15) is 26.1 Å². The lowest BCUT2D eigenvalue weighted by Crippen LogP contribution is -2.44. The third kappa shape index (κ3) is 2.83. The van der Waals surface area contributed by atoms with Gasteiger partial charge in [-0.2, -0.15) is 0 Å². The van der Waals surface area contributed by atoms with Crippen molar-refractivity contribution in [3.63, 3.8) is 0 Å². The highest BCUT2D eigenvalue weighted by atomic mass is 16.5. The van der Waals surface area contributed by atoms with E-state index >= 15 is 0 Å². The Hall–Kier alpha value is -1.39. The monoisotopic (exact) mass is 287 g/mol. The number of imidazole rings is 1. The molecule has 3 unspecified atom stereocenters. The predicted molar refractivity (Wildman–Crippen MR) is 85.4 cm³/mol. The van der Waals surface area contributed by atoms with E-state index in [0.29, 0.717) is 18.1 Å². The van der Waals surface area contributed by atoms with Crippen molar-refractivity contribution in [3.8, 4) is 0 Å². The van der Waals surface area contributed by atoms with E-state index in [2.05, 4.69) is 49.0 Å². The van der Waals surface area contributed by atoms with E-state index in [0.717, 1.165) is 37.3 Å². The van der Waals surface area contributed by atoms with Crippen molar-refractivity contribution in [2.45, 2.75) is 38.8 Å². The summed E-state index contributed by atoms with van der Waals surface area (Å²) in [6, 6.07) is 8.65. The van der Waals surface area contributed by atoms with Crippen molar-refractivity contribution in [2.75, 3.05) is 13.2 Å². The summed E-state index contributed by atoms with van der Waals surface area (Å²) in [6.07, 6.45) is 2.37. The number of benzene rings is 1. The van der Waals surface area contributed by atoms with Crippen molar-refractivity contribution in [1.29, 1.82) is 0 Å². The molecule has 114 valence electrons. The molecule has 4 nitrogen and oxygen atoms in total. The minimum Gasteiger partial charge on any atom is -0.376 e. The minimum atomic E-state index is 0.296. The van der Waals surface area contributed by atoms with Gasteiger partial charge < -0.3 is 14.6 Å². The average molecular weight is 287 g/mol. The highest BCUT2D eigenvalue weighted by molar-refractivity contribution is 5.75. The maximum absolute atomic E-state index is 5.97. The van der Waals surface area contributed by atoms with Crippen LogP contribution >= 0.6 is 0 Å². The number of rotatable bonds is 5. The molecule has 1 aromatic heterocycles. The lowest BCUT2D eigenvalue weighted by atomic mass is 9.95. The van der Waals surface area contributed by atoms with Crippen LogP contribution in [0.5, 0.6) is 0 Å². The van der Waals surface area contributed by atoms with E-state index in [1.54, 1.807) is 0 Å². The second-order valence-corrected chi connectivity index (χ2v) is 6.05. The van der Waals surface area contributed by atoms with Gasteiger partial charge in [0.25, 0.3) is 0 Å². The van der Waals surface area contributed by atoms with Crippen LogP contribution in [-0.2, 0) is 18.2 Å². The molecule has 1 aromatic carbocycles. The molecule has 0 bridgehead atoms. The van der Waals surface area contributed by atoms with Crippen molar-refractivity contribution in [1.82, 2.24) is 14.9 Å². The van der Waals surface area contributed by atoms with Gasteiger partial charge in [0.1, 0.15) is 5.82 Å². The number of likely N-dealkylation sites (N-methyl/N-ethyl adjacent to an activating group) is 1. The van der Waals surface area contributed by atoms with Gasteiger partial charge in [-0.25, -0.2) is 4.98 Å². The van der Waals surface area contributed by atoms with Crippen LogP contribution in [0.3, 0.4) is 0 Å². The van der Waals surface area contributed by atoms with Crippen LogP contribution in [-0.4, -0.2) is 34.8 Å². The van der Waals surface area contributed by atoms with E-state index in [1.807, 2.05) is 6.07 Å². The van der Waals surface area contributed by atoms with Gasteiger partial charge in [-0.1, -0.05) is 26.0 Å². The number of aromatic nitrogens is 2. The lowest BCUT2D eigenvalue weighted by molar-refractivity contribution is 0.0607. The Kier molecular flexibility index (Phi) is 4.27. The molecule has 1 saturated heterocycles. The Balaban J connectivity index is 1.85. The molecule has 1 N–H and O–H groups in total. The summed E-state index contributed by atoms with van der Waals surface area (Å²) in [5.74, 6) is 1.74. The van der Waals surface area contributed by atoms with Crippen LogP contribution in [0, 0.1) is 5.92 Å². The summed E-state index contributed by atoms with van der Waals surface area (Å²) >= 11 is 0. The second kappa shape index (κ2) is 6.16. The number of hydrogen-bond donors (Lipinski definition) is 1. The quantitative estimate of drug-likeness (QED) is 0.918. The number of nitrogens with zero attached hydrogens (tertiary/aromatic N) is 2. The normalized spacial score (nSPS) is 23.8. The Bertz CT molecular complexity index is 607. The molecule has 0 saturated carbocycles. The molecule has 0 radical (unpaired) electrons. The lowest BCUT2D eigenvalue weighted by Gasteiger charge is -2.26. The first-order valence-electron chi connectivity index (χ1n) is 7.96. The molecule has 0 aliphatic carbocycles. The molecule has 1 fully saturated rings. The molecule has 2 aromatic rings. The number of aryl methyl sites for hydroxylation is 1. The van der Waals surface area contributed by atoms with Gasteiger partial charge in [0.15, 0.2) is 0 Å². The molecule has 2 heterocycles. The fraction of sp³-hybridized carbons (Fsp3) is 0.588. The zero-order valence-electron chi connectivity index (χ0n) is 13.2. The van der Waals surface area contributed by atoms with Crippen LogP contribution < -0.4 is 5.32 Å². The van der Waals surface area contributed by atoms with Gasteiger partial charge in [-0.3, -0.25) is 0 Å². The van der Waals surface area contributed by atoms with Crippen molar-refractivity contribution < 1.29 is 4.74 Å². The predicted octanol–water partition coefficient (Wildman–Crippen LogP) is 2.52. The summed E-state index contributed by atoms with van der Waals surface area (Å²) < 4.78 is 8.17. The first kappa shape index (κ1) is 14.5. The van der Waals surface area contributed by atoms with Crippen molar-refractivity contribution >= 4 is 11.0 Å². The van der Waals surface area contributed by atoms with Crippen molar-refractivity contribution in [3.05, 3.63) is 30.1 Å². The summed E-state index contributed by atoms with van der Waals surface area (Å²) in [4.78, 5) is 4.80. The Morgan fingerprint density at radius 2 is 2.24 bits per heavy atom. The van der Waals surface area contributed by atoms with Crippen LogP contribution in [0.25, 0.3) is 11.0 Å². The largest absolute Gasteiger partial charge is 0.376 e. The highest BCUT2D eigenvalue weighted by Crippen LogP contribution is 2.25. The van der Waals surface area contributed by atoms with E-state index in [9.17, 15) is 0 Å². The molecule has 4 heteroatoms. The topological polar surface area (TPSA) is 39.1 Å². The van der Waals surface area contributed by atoms with Crippen LogP contribution in [0.4, 0.5) is 0 Å². The zero-order valence-corrected chi connectivity index (χ0v) is 13.2. The number of para-hydroxylation sites is 2. The summed E-state index contributed by atoms with van der Waals surface area (Å²) in [5.41, 5.74) is 2.27. The maximum atomic E-state index is 5.97. The van der Waals surface area contributed by atoms with Gasteiger partial charge in [0.05, 0.1) is 17.1 Å². The van der Waals surface area contributed by atoms with Crippen LogP contribution in [0.15, 0.2) is 24.3 Å². The summed E-state index contributed by atoms with van der Waals surface area (Å²) in [5, 5.41) is 3.60. The standard InChI is InChI=1S/C17H25N3O/c1-4-18-14(17-12(2)9-10-21-17)11-16-19-13-7-5-6-8-15(13)20(16)3/h5-8,12,14,17-18H,4,9-11H2,1-3H3. The number of ether oxygens (including phenoxy) is 1. The van der Waals surface area contributed by atoms with Gasteiger partial charge in [-0.05, 0) is 31.0 Å². The van der Waals surface area contributed by atoms with Gasteiger partial charge in [-0.15, -0.1) is 0 Å². The fourth-order valence-electron chi connectivity index (χ4n) is 3.37. The molecule has 3 atom stereocenters. The first-order valence-corrected chi connectivity index (χ1v) is 7.96. The molecule has 3 rings (SSSR count). The summed E-state index contributed by atoms with van der Waals surface area (Å²) in [6.45, 7) is 6.29. The maximum Gasteiger partial charge on any atom is 0.111 e. The third-order valence-electron chi connectivity index (χ3n) is 4.59. The number of nitrogens with one attached hydrogen (secondary N) is 1. The number of fused-ring (bicyclic) bond motifs is 1. The molecule has 0 spiro atoms. The average Bonchev–Trinajstić information content (AvgIpc) is 3.04. The SMILES string of the molecule is CCNC(Cc1nc2ccccc2n1C)C1OCCC1C. The number of hydrogen-bond acceptors (Lipinski definition) is 3. The Labute approximate surface area is 126 Å². The molecular weight excluding hydrogens is 262 g/mol. The third-order valence-corrected chi connectivity index (χ3v) is 4.59. The highest BCUT2D eigenvalue weighted by Gasteiger charge is 2.32. The van der Waals surface area contributed by atoms with Gasteiger partial charge in [0, 0.05) is 26.1 Å². The van der Waals surface area contributed by atoms with E-state index in [1.165, 1.54) is 5.52 Å². The molecular formula is C17H25N3O. The van der Waals surface area contributed by atoms with Crippen LogP contribution in [0.2, 0.25) is 0 Å². The van der Waals surface area contributed by atoms with E-state index < -0.39 is 0 Å². The zero-order chi connectivity index (χ0) is 14.8. The Morgan fingerprint density at radius 3 is 2.90 bits per heavy atom. The van der Waals surface area contributed by atoms with E-state index in [4.69, 9.17) is 9.72 Å². The first-order chi connectivity index (χ1) is 10.2. The molecule has 0 amide bonds. The van der Waals surface area contributed by atoms with Gasteiger partial charge >= 0.3 is 0 Å². The van der Waals surface area contributed by atoms with Gasteiger partial charge in [0.2, 0.25) is 0 Å². The smallest absolute Gasteiger partial charge is 0.111 e. The molecule has 21 heavy (non-hydrogen) atoms.